The minimum Gasteiger partial charge on any atom is -0.497 e. The molecule has 32 heavy (non-hydrogen) atoms. The normalized spacial score (nSPS) is 11.2. The van der Waals surface area contributed by atoms with Crippen molar-refractivity contribution in [3.05, 3.63) is 45.3 Å². The Bertz CT molecular complexity index is 1200. The van der Waals surface area contributed by atoms with Gasteiger partial charge in [-0.25, -0.2) is 9.78 Å². The van der Waals surface area contributed by atoms with E-state index in [0.717, 1.165) is 20.2 Å². The maximum Gasteiger partial charge on any atom is 0.344 e. The molecule has 1 N–H and O–H groups in total. The van der Waals surface area contributed by atoms with E-state index in [0.29, 0.717) is 35.3 Å². The molecular weight excluding hydrogens is 525 g/mol. The van der Waals surface area contributed by atoms with Crippen LogP contribution >= 0.6 is 22.6 Å². The second kappa shape index (κ2) is 10.9. The van der Waals surface area contributed by atoms with E-state index >= 15 is 0 Å². The van der Waals surface area contributed by atoms with Gasteiger partial charge in [-0.05, 0) is 72.3 Å². The zero-order valence-corrected chi connectivity index (χ0v) is 20.1. The van der Waals surface area contributed by atoms with Crippen LogP contribution in [0.1, 0.15) is 25.2 Å². The number of ether oxygens (including phenoxy) is 4. The summed E-state index contributed by atoms with van der Waals surface area (Å²) in [4.78, 5) is 19.3. The molecule has 0 aliphatic carbocycles. The van der Waals surface area contributed by atoms with E-state index < -0.39 is 5.97 Å². The van der Waals surface area contributed by atoms with E-state index in [9.17, 15) is 10.1 Å². The summed E-state index contributed by atoms with van der Waals surface area (Å²) in [6.07, 6.45) is 1.72. The maximum absolute atomic E-state index is 11.7. The Kier molecular flexibility index (Phi) is 7.94. The molecule has 1 aromatic heterocycles. The molecule has 0 atom stereocenters. The molecule has 9 heteroatoms. The first kappa shape index (κ1) is 23.4. The van der Waals surface area contributed by atoms with Gasteiger partial charge in [-0.15, -0.1) is 0 Å². The second-order valence-corrected chi connectivity index (χ2v) is 7.66. The van der Waals surface area contributed by atoms with Crippen molar-refractivity contribution >= 4 is 51.2 Å². The Hall–Kier alpha value is -3.26. The van der Waals surface area contributed by atoms with Crippen LogP contribution in [0, 0.1) is 14.9 Å². The minimum absolute atomic E-state index is 0.217. The summed E-state index contributed by atoms with van der Waals surface area (Å²) < 4.78 is 22.2. The highest BCUT2D eigenvalue weighted by atomic mass is 127. The van der Waals surface area contributed by atoms with Crippen molar-refractivity contribution in [3.63, 3.8) is 0 Å². The number of methoxy groups -OCH3 is 1. The van der Waals surface area contributed by atoms with Gasteiger partial charge in [-0.2, -0.15) is 5.26 Å². The predicted molar refractivity (Wildman–Crippen MR) is 129 cm³/mol. The molecule has 0 spiro atoms. The molecule has 3 aromatic rings. The number of hydrogen-bond donors (Lipinski definition) is 1. The number of carbonyl (C=O) groups excluding carboxylic acids is 1. The number of benzene rings is 2. The number of aromatic nitrogens is 2. The first-order valence-corrected chi connectivity index (χ1v) is 11.0. The van der Waals surface area contributed by atoms with Gasteiger partial charge in [0.15, 0.2) is 18.1 Å². The second-order valence-electron chi connectivity index (χ2n) is 6.50. The fourth-order valence-electron chi connectivity index (χ4n) is 2.97. The van der Waals surface area contributed by atoms with Crippen molar-refractivity contribution in [1.82, 2.24) is 9.97 Å². The predicted octanol–water partition coefficient (Wildman–Crippen LogP) is 4.58. The van der Waals surface area contributed by atoms with Gasteiger partial charge in [0.05, 0.1) is 40.5 Å². The SMILES string of the molecule is CCOC(=O)COc1c(I)cc(/C=C(/C#N)c2nc3ccc(OC)cc3[nH]2)cc1OCC. The molecule has 0 aliphatic rings. The van der Waals surface area contributed by atoms with Crippen LogP contribution in [0.3, 0.4) is 0 Å². The van der Waals surface area contributed by atoms with Crippen LogP contribution in [-0.2, 0) is 9.53 Å². The van der Waals surface area contributed by atoms with Crippen LogP contribution in [0.2, 0.25) is 0 Å². The summed E-state index contributed by atoms with van der Waals surface area (Å²) in [6, 6.07) is 11.3. The average Bonchev–Trinajstić information content (AvgIpc) is 3.20. The van der Waals surface area contributed by atoms with Crippen LogP contribution in [0.5, 0.6) is 17.2 Å². The molecule has 0 bridgehead atoms. The number of carbonyl (C=O) groups is 1. The number of H-pyrrole nitrogens is 1. The molecule has 166 valence electrons. The third kappa shape index (κ3) is 5.50. The lowest BCUT2D eigenvalue weighted by Gasteiger charge is -2.14. The first-order valence-electron chi connectivity index (χ1n) is 9.89. The number of halogens is 1. The van der Waals surface area contributed by atoms with Crippen LogP contribution < -0.4 is 14.2 Å². The highest BCUT2D eigenvalue weighted by Crippen LogP contribution is 2.35. The molecule has 0 unspecified atom stereocenters. The number of nitriles is 1. The van der Waals surface area contributed by atoms with Crippen molar-refractivity contribution in [2.75, 3.05) is 26.9 Å². The van der Waals surface area contributed by atoms with Crippen molar-refractivity contribution in [3.8, 4) is 23.3 Å². The number of aromatic amines is 1. The van der Waals surface area contributed by atoms with Crippen LogP contribution in [0.25, 0.3) is 22.7 Å². The van der Waals surface area contributed by atoms with Gasteiger partial charge in [0.25, 0.3) is 0 Å². The van der Waals surface area contributed by atoms with Crippen LogP contribution in [0.15, 0.2) is 30.3 Å². The average molecular weight is 547 g/mol. The fourth-order valence-corrected chi connectivity index (χ4v) is 3.75. The van der Waals surface area contributed by atoms with Crippen molar-refractivity contribution in [1.29, 1.82) is 5.26 Å². The lowest BCUT2D eigenvalue weighted by molar-refractivity contribution is -0.145. The van der Waals surface area contributed by atoms with E-state index in [1.165, 1.54) is 0 Å². The Labute approximate surface area is 199 Å². The number of fused-ring (bicyclic) bond motifs is 1. The Morgan fingerprint density at radius 3 is 2.72 bits per heavy atom. The molecule has 0 saturated carbocycles. The van der Waals surface area contributed by atoms with Crippen molar-refractivity contribution in [2.24, 2.45) is 0 Å². The summed E-state index contributed by atoms with van der Waals surface area (Å²) in [7, 11) is 1.59. The lowest BCUT2D eigenvalue weighted by atomic mass is 10.1. The van der Waals surface area contributed by atoms with E-state index in [2.05, 4.69) is 38.6 Å². The standard InChI is InChI=1S/C23H22IN3O5/c1-4-30-20-10-14(9-17(24)22(20)32-13-21(28)31-5-2)8-15(12-25)23-26-18-7-6-16(29-3)11-19(18)27-23/h6-11H,4-5,13H2,1-3H3,(H,26,27)/b15-8-. The number of rotatable bonds is 9. The van der Waals surface area contributed by atoms with E-state index in [1.807, 2.05) is 31.2 Å². The van der Waals surface area contributed by atoms with Gasteiger partial charge in [0.2, 0.25) is 0 Å². The van der Waals surface area contributed by atoms with Crippen LogP contribution in [0.4, 0.5) is 0 Å². The van der Waals surface area contributed by atoms with E-state index in [1.54, 1.807) is 26.2 Å². The van der Waals surface area contributed by atoms with E-state index in [-0.39, 0.29) is 13.2 Å². The Balaban J connectivity index is 1.95. The van der Waals surface area contributed by atoms with Gasteiger partial charge in [0.1, 0.15) is 17.6 Å². The van der Waals surface area contributed by atoms with E-state index in [4.69, 9.17) is 18.9 Å². The lowest BCUT2D eigenvalue weighted by Crippen LogP contribution is -2.15. The van der Waals surface area contributed by atoms with Gasteiger partial charge >= 0.3 is 5.97 Å². The molecular formula is C23H22IN3O5. The smallest absolute Gasteiger partial charge is 0.344 e. The summed E-state index contributed by atoms with van der Waals surface area (Å²) >= 11 is 2.11. The Morgan fingerprint density at radius 2 is 2.03 bits per heavy atom. The molecule has 0 fully saturated rings. The number of nitrogens with one attached hydrogen (secondary N) is 1. The molecule has 0 saturated heterocycles. The molecule has 8 nitrogen and oxygen atoms in total. The largest absolute Gasteiger partial charge is 0.497 e. The number of esters is 1. The van der Waals surface area contributed by atoms with Crippen LogP contribution in [-0.4, -0.2) is 42.9 Å². The van der Waals surface area contributed by atoms with Gasteiger partial charge in [-0.1, -0.05) is 0 Å². The number of allylic oxidation sites excluding steroid dienone is 1. The molecule has 1 heterocycles. The molecule has 2 aromatic carbocycles. The zero-order valence-electron chi connectivity index (χ0n) is 17.9. The minimum atomic E-state index is -0.456. The number of hydrogen-bond acceptors (Lipinski definition) is 7. The molecule has 0 amide bonds. The zero-order chi connectivity index (χ0) is 23.1. The highest BCUT2D eigenvalue weighted by Gasteiger charge is 2.15. The third-order valence-electron chi connectivity index (χ3n) is 4.35. The quantitative estimate of drug-likeness (QED) is 0.238. The number of nitrogens with zero attached hydrogens (tertiary/aromatic N) is 2. The van der Waals surface area contributed by atoms with Gasteiger partial charge < -0.3 is 23.9 Å². The summed E-state index contributed by atoms with van der Waals surface area (Å²) in [6.45, 7) is 4.07. The van der Waals surface area contributed by atoms with Gasteiger partial charge in [-0.3, -0.25) is 0 Å². The first-order chi connectivity index (χ1) is 15.5. The van der Waals surface area contributed by atoms with Crippen molar-refractivity contribution in [2.45, 2.75) is 13.8 Å². The summed E-state index contributed by atoms with van der Waals surface area (Å²) in [5.41, 5.74) is 2.59. The third-order valence-corrected chi connectivity index (χ3v) is 5.15. The monoisotopic (exact) mass is 547 g/mol. The molecule has 0 radical (unpaired) electrons. The topological polar surface area (TPSA) is 106 Å². The molecule has 0 aliphatic heterocycles. The van der Waals surface area contributed by atoms with Gasteiger partial charge in [0, 0.05) is 6.07 Å². The number of imidazole rings is 1. The molecule has 3 rings (SSSR count). The highest BCUT2D eigenvalue weighted by molar-refractivity contribution is 14.1. The fraction of sp³-hybridized carbons (Fsp3) is 0.261. The van der Waals surface area contributed by atoms with Crippen molar-refractivity contribution < 1.29 is 23.7 Å². The summed E-state index contributed by atoms with van der Waals surface area (Å²) in [5.74, 6) is 1.62. The summed E-state index contributed by atoms with van der Waals surface area (Å²) in [5, 5.41) is 9.75. The maximum atomic E-state index is 11.7. The Morgan fingerprint density at radius 1 is 1.22 bits per heavy atom.